The number of alkyl halides is 3. The summed E-state index contributed by atoms with van der Waals surface area (Å²) in [4.78, 5) is 22.8. The molecule has 0 amide bonds. The predicted molar refractivity (Wildman–Crippen MR) is 97.0 cm³/mol. The average Bonchev–Trinajstić information content (AvgIpc) is 3.01. The summed E-state index contributed by atoms with van der Waals surface area (Å²) in [6.07, 6.45) is 1.72. The van der Waals surface area contributed by atoms with Crippen LogP contribution >= 0.6 is 0 Å². The van der Waals surface area contributed by atoms with Crippen molar-refractivity contribution in [2.75, 3.05) is 0 Å². The molecule has 1 aliphatic rings. The monoisotopic (exact) mass is 449 g/mol. The third kappa shape index (κ3) is 4.77. The van der Waals surface area contributed by atoms with E-state index in [-0.39, 0.29) is 42.6 Å². The van der Waals surface area contributed by atoms with Crippen molar-refractivity contribution in [1.29, 1.82) is 0 Å². The van der Waals surface area contributed by atoms with E-state index in [9.17, 15) is 36.3 Å². The van der Waals surface area contributed by atoms with E-state index in [1.54, 1.807) is 26.8 Å². The minimum Gasteiger partial charge on any atom is -0.550 e. The first-order valence-corrected chi connectivity index (χ1v) is 10.4. The molecule has 0 radical (unpaired) electrons. The van der Waals surface area contributed by atoms with Gasteiger partial charge in [0.2, 0.25) is 0 Å². The number of esters is 1. The molecule has 1 aromatic rings. The van der Waals surface area contributed by atoms with E-state index in [0.717, 1.165) is 0 Å². The molecule has 0 unspecified atom stereocenters. The number of cyclic esters (lactones) is 1. The Morgan fingerprint density at radius 1 is 1.27 bits per heavy atom. The van der Waals surface area contributed by atoms with Gasteiger partial charge in [-0.15, -0.1) is 0 Å². The topological polar surface area (TPSA) is 110 Å². The second-order valence-corrected chi connectivity index (χ2v) is 8.34. The van der Waals surface area contributed by atoms with Crippen molar-refractivity contribution in [3.05, 3.63) is 39.5 Å². The van der Waals surface area contributed by atoms with Crippen molar-refractivity contribution in [2.24, 2.45) is 0 Å². The standard InChI is InChI=1S/C19H21F3O7S/c1-4-12-11(3)14-9-28-18(25)16(14)17(29-30(26,27)19(20,21)22)13(12)7-5-10(2)6-8-15(23)24/h5H,4,6-9H2,1-3H3,(H,23,24)/p-1/b10-5+. The van der Waals surface area contributed by atoms with Crippen LogP contribution in [0.4, 0.5) is 13.2 Å². The predicted octanol–water partition coefficient (Wildman–Crippen LogP) is 2.48. The van der Waals surface area contributed by atoms with E-state index in [4.69, 9.17) is 4.74 Å². The molecule has 0 atom stereocenters. The van der Waals surface area contributed by atoms with Gasteiger partial charge in [0.25, 0.3) is 0 Å². The van der Waals surface area contributed by atoms with Crippen LogP contribution in [0.15, 0.2) is 11.6 Å². The molecule has 0 fully saturated rings. The number of fused-ring (bicyclic) bond motifs is 1. The van der Waals surface area contributed by atoms with Gasteiger partial charge < -0.3 is 18.8 Å². The molecule has 166 valence electrons. The van der Waals surface area contributed by atoms with Gasteiger partial charge in [-0.05, 0) is 50.7 Å². The third-order valence-electron chi connectivity index (χ3n) is 4.83. The fourth-order valence-corrected chi connectivity index (χ4v) is 3.75. The highest BCUT2D eigenvalue weighted by atomic mass is 32.2. The van der Waals surface area contributed by atoms with Crippen LogP contribution in [-0.2, 0) is 39.1 Å². The highest BCUT2D eigenvalue weighted by Gasteiger charge is 2.50. The van der Waals surface area contributed by atoms with Gasteiger partial charge in [-0.3, -0.25) is 0 Å². The molecule has 2 rings (SSSR count). The van der Waals surface area contributed by atoms with Crippen LogP contribution in [-0.4, -0.2) is 25.9 Å². The average molecular weight is 449 g/mol. The maximum Gasteiger partial charge on any atom is 0.534 e. The Hall–Kier alpha value is -2.56. The fraction of sp³-hybridized carbons (Fsp3) is 0.474. The van der Waals surface area contributed by atoms with Gasteiger partial charge in [0, 0.05) is 17.1 Å². The number of hydrogen-bond donors (Lipinski definition) is 0. The molecular weight excluding hydrogens is 429 g/mol. The van der Waals surface area contributed by atoms with Gasteiger partial charge >= 0.3 is 21.6 Å². The molecule has 1 aliphatic heterocycles. The minimum atomic E-state index is -6.03. The Morgan fingerprint density at radius 3 is 2.43 bits per heavy atom. The molecule has 0 saturated carbocycles. The quantitative estimate of drug-likeness (QED) is 0.260. The van der Waals surface area contributed by atoms with Gasteiger partial charge in [-0.1, -0.05) is 18.6 Å². The van der Waals surface area contributed by atoms with Crippen molar-refractivity contribution < 1.29 is 45.2 Å². The fourth-order valence-electron chi connectivity index (χ4n) is 3.25. The van der Waals surface area contributed by atoms with Gasteiger partial charge in [0.05, 0.1) is 0 Å². The maximum absolute atomic E-state index is 12.9. The second-order valence-electron chi connectivity index (χ2n) is 6.80. The van der Waals surface area contributed by atoms with E-state index in [1.807, 2.05) is 0 Å². The molecule has 0 saturated heterocycles. The van der Waals surface area contributed by atoms with Gasteiger partial charge in [-0.25, -0.2) is 4.79 Å². The first-order valence-electron chi connectivity index (χ1n) is 9.00. The molecule has 0 spiro atoms. The number of carbonyl (C=O) groups is 2. The summed E-state index contributed by atoms with van der Waals surface area (Å²) in [5.41, 5.74) is -3.90. The summed E-state index contributed by atoms with van der Waals surface area (Å²) >= 11 is 0. The largest absolute Gasteiger partial charge is 0.550 e. The first kappa shape index (κ1) is 23.7. The molecule has 11 heteroatoms. The normalized spacial score (nSPS) is 14.5. The van der Waals surface area contributed by atoms with Crippen molar-refractivity contribution in [3.63, 3.8) is 0 Å². The van der Waals surface area contributed by atoms with E-state index in [2.05, 4.69) is 4.18 Å². The highest BCUT2D eigenvalue weighted by Crippen LogP contribution is 2.41. The number of rotatable bonds is 8. The third-order valence-corrected chi connectivity index (χ3v) is 5.79. The molecule has 1 aromatic carbocycles. The van der Waals surface area contributed by atoms with Crippen LogP contribution in [0.5, 0.6) is 5.75 Å². The molecule has 1 heterocycles. The number of carbonyl (C=O) groups excluding carboxylic acids is 2. The summed E-state index contributed by atoms with van der Waals surface area (Å²) in [5.74, 6) is -2.92. The van der Waals surface area contributed by atoms with Crippen LogP contribution in [0, 0.1) is 6.92 Å². The zero-order chi connectivity index (χ0) is 22.9. The van der Waals surface area contributed by atoms with Crippen LogP contribution < -0.4 is 9.29 Å². The lowest BCUT2D eigenvalue weighted by atomic mass is 9.89. The summed E-state index contributed by atoms with van der Waals surface area (Å²) < 4.78 is 71.6. The number of allylic oxidation sites excluding steroid dienone is 2. The smallest absolute Gasteiger partial charge is 0.534 e. The van der Waals surface area contributed by atoms with Gasteiger partial charge in [0.15, 0.2) is 5.75 Å². The lowest BCUT2D eigenvalue weighted by molar-refractivity contribution is -0.305. The van der Waals surface area contributed by atoms with Crippen molar-refractivity contribution in [1.82, 2.24) is 0 Å². The minimum absolute atomic E-state index is 0.0633. The lowest BCUT2D eigenvalue weighted by Gasteiger charge is -2.20. The first-order chi connectivity index (χ1) is 13.8. The molecule has 0 aliphatic carbocycles. The number of carboxylic acids is 1. The number of ether oxygens (including phenoxy) is 1. The SMILES string of the molecule is CCc1c(C)c2c(c(OS(=O)(=O)C(F)(F)F)c1C/C=C(\C)CCC(=O)[O-])C(=O)OC2. The number of aliphatic carboxylic acids is 1. The van der Waals surface area contributed by atoms with Crippen molar-refractivity contribution in [3.8, 4) is 5.75 Å². The van der Waals surface area contributed by atoms with E-state index in [1.165, 1.54) is 0 Å². The maximum atomic E-state index is 12.9. The van der Waals surface area contributed by atoms with E-state index < -0.39 is 33.3 Å². The Balaban J connectivity index is 2.65. The number of halogens is 3. The van der Waals surface area contributed by atoms with E-state index >= 15 is 0 Å². The summed E-state index contributed by atoms with van der Waals surface area (Å²) in [6, 6.07) is 0. The molecule has 0 N–H and O–H groups in total. The molecule has 0 bridgehead atoms. The molecule has 0 aromatic heterocycles. The zero-order valence-electron chi connectivity index (χ0n) is 16.5. The molecular formula is C19H20F3O7S-. The Kier molecular flexibility index (Phi) is 6.85. The summed E-state index contributed by atoms with van der Waals surface area (Å²) in [5, 5.41) is 10.6. The lowest BCUT2D eigenvalue weighted by Crippen LogP contribution is -2.29. The number of benzene rings is 1. The Morgan fingerprint density at radius 2 is 1.90 bits per heavy atom. The van der Waals surface area contributed by atoms with Crippen LogP contribution in [0.25, 0.3) is 0 Å². The van der Waals surface area contributed by atoms with Crippen LogP contribution in [0.2, 0.25) is 0 Å². The number of hydrogen-bond acceptors (Lipinski definition) is 7. The molecule has 7 nitrogen and oxygen atoms in total. The summed E-state index contributed by atoms with van der Waals surface area (Å²) in [6.45, 7) is 4.81. The van der Waals surface area contributed by atoms with Crippen LogP contribution in [0.3, 0.4) is 0 Å². The zero-order valence-corrected chi connectivity index (χ0v) is 17.3. The number of carboxylic acid groups (broad SMARTS) is 1. The van der Waals surface area contributed by atoms with Crippen molar-refractivity contribution >= 4 is 22.1 Å². The Labute approximate surface area is 171 Å². The molecule has 30 heavy (non-hydrogen) atoms. The van der Waals surface area contributed by atoms with Crippen LogP contribution in [0.1, 0.15) is 59.3 Å². The van der Waals surface area contributed by atoms with Gasteiger partial charge in [0.1, 0.15) is 12.2 Å². The Bertz CT molecular complexity index is 1010. The van der Waals surface area contributed by atoms with Gasteiger partial charge in [-0.2, -0.15) is 21.6 Å². The van der Waals surface area contributed by atoms with E-state index in [0.29, 0.717) is 23.1 Å². The summed E-state index contributed by atoms with van der Waals surface area (Å²) in [7, 11) is -6.03. The highest BCUT2D eigenvalue weighted by molar-refractivity contribution is 7.88. The van der Waals surface area contributed by atoms with Crippen molar-refractivity contribution in [2.45, 2.75) is 58.6 Å². The second kappa shape index (κ2) is 8.66.